The van der Waals surface area contributed by atoms with Crippen LogP contribution in [0.25, 0.3) is 5.69 Å². The number of nitrogens with one attached hydrogen (secondary N) is 1. The highest BCUT2D eigenvalue weighted by atomic mass is 19.1. The fourth-order valence-corrected chi connectivity index (χ4v) is 2.98. The Kier molecular flexibility index (Phi) is 5.20. The summed E-state index contributed by atoms with van der Waals surface area (Å²) in [5.74, 6) is -0.0729. The van der Waals surface area contributed by atoms with Crippen LogP contribution >= 0.6 is 0 Å². The first-order valence-corrected chi connectivity index (χ1v) is 9.35. The average Bonchev–Trinajstić information content (AvgIpc) is 3.39. The molecule has 2 aromatic heterocycles. The molecule has 0 unspecified atom stereocenters. The van der Waals surface area contributed by atoms with E-state index in [4.69, 9.17) is 0 Å². The molecule has 0 saturated carbocycles. The number of halogens is 1. The molecule has 0 radical (unpaired) electrons. The standard InChI is InChI=1S/C22H20FN5O/c1-2-16-3-5-17(6-4-16)15-28-21(11-13-24-28)25-22(29)20-12-14-27(26-20)19-9-7-18(23)8-10-19/h3-14H,2,15H2,1H3,(H,25,29). The molecule has 1 N–H and O–H groups in total. The van der Waals surface area contributed by atoms with Gasteiger partial charge in [-0.3, -0.25) is 4.79 Å². The van der Waals surface area contributed by atoms with Crippen molar-refractivity contribution in [3.8, 4) is 5.69 Å². The lowest BCUT2D eigenvalue weighted by Crippen LogP contribution is -2.17. The molecule has 0 bridgehead atoms. The monoisotopic (exact) mass is 389 g/mol. The summed E-state index contributed by atoms with van der Waals surface area (Å²) in [7, 11) is 0. The smallest absolute Gasteiger partial charge is 0.277 e. The highest BCUT2D eigenvalue weighted by Crippen LogP contribution is 2.14. The number of hydrogen-bond donors (Lipinski definition) is 1. The number of aromatic nitrogens is 4. The first-order chi connectivity index (χ1) is 14.1. The van der Waals surface area contributed by atoms with E-state index in [0.29, 0.717) is 18.1 Å². The Morgan fingerprint density at radius 3 is 2.45 bits per heavy atom. The number of carbonyl (C=O) groups excluding carboxylic acids is 1. The molecule has 0 aliphatic rings. The minimum atomic E-state index is -0.339. The van der Waals surface area contributed by atoms with Crippen LogP contribution in [0.15, 0.2) is 73.1 Å². The van der Waals surface area contributed by atoms with E-state index in [2.05, 4.69) is 46.7 Å². The van der Waals surface area contributed by atoms with Gasteiger partial charge in [-0.1, -0.05) is 31.2 Å². The van der Waals surface area contributed by atoms with E-state index >= 15 is 0 Å². The highest BCUT2D eigenvalue weighted by molar-refractivity contribution is 6.02. The lowest BCUT2D eigenvalue weighted by Gasteiger charge is -2.09. The largest absolute Gasteiger partial charge is 0.305 e. The van der Waals surface area contributed by atoms with E-state index in [9.17, 15) is 9.18 Å². The number of hydrogen-bond acceptors (Lipinski definition) is 3. The zero-order valence-corrected chi connectivity index (χ0v) is 15.9. The maximum Gasteiger partial charge on any atom is 0.277 e. The molecule has 4 aromatic rings. The molecule has 29 heavy (non-hydrogen) atoms. The molecule has 0 aliphatic carbocycles. The summed E-state index contributed by atoms with van der Waals surface area (Å²) in [6.07, 6.45) is 4.30. The molecule has 2 aromatic carbocycles. The molecule has 0 spiro atoms. The molecule has 0 saturated heterocycles. The maximum absolute atomic E-state index is 13.1. The van der Waals surface area contributed by atoms with Crippen molar-refractivity contribution >= 4 is 11.7 Å². The number of rotatable bonds is 6. The van der Waals surface area contributed by atoms with Gasteiger partial charge in [-0.15, -0.1) is 0 Å². The average molecular weight is 389 g/mol. The summed E-state index contributed by atoms with van der Waals surface area (Å²) in [6, 6.07) is 17.6. The minimum Gasteiger partial charge on any atom is -0.305 e. The topological polar surface area (TPSA) is 64.7 Å². The highest BCUT2D eigenvalue weighted by Gasteiger charge is 2.13. The van der Waals surface area contributed by atoms with Crippen LogP contribution in [0.2, 0.25) is 0 Å². The molecule has 4 rings (SSSR count). The van der Waals surface area contributed by atoms with Crippen molar-refractivity contribution in [1.82, 2.24) is 19.6 Å². The van der Waals surface area contributed by atoms with Crippen molar-refractivity contribution in [3.63, 3.8) is 0 Å². The second kappa shape index (κ2) is 8.10. The SMILES string of the molecule is CCc1ccc(Cn2nccc2NC(=O)c2ccn(-c3ccc(F)cc3)n2)cc1. The zero-order chi connectivity index (χ0) is 20.2. The number of benzene rings is 2. The maximum atomic E-state index is 13.1. The Bertz CT molecular complexity index is 1110. The summed E-state index contributed by atoms with van der Waals surface area (Å²) in [5.41, 5.74) is 3.31. The predicted molar refractivity (Wildman–Crippen MR) is 109 cm³/mol. The minimum absolute atomic E-state index is 0.259. The second-order valence-corrected chi connectivity index (χ2v) is 6.62. The molecule has 7 heteroatoms. The van der Waals surface area contributed by atoms with Crippen LogP contribution < -0.4 is 5.32 Å². The third-order valence-corrected chi connectivity index (χ3v) is 4.63. The quantitative estimate of drug-likeness (QED) is 0.541. The van der Waals surface area contributed by atoms with Gasteiger partial charge in [0.1, 0.15) is 11.6 Å². The van der Waals surface area contributed by atoms with Crippen molar-refractivity contribution in [2.45, 2.75) is 19.9 Å². The van der Waals surface area contributed by atoms with E-state index in [1.807, 2.05) is 0 Å². The van der Waals surface area contributed by atoms with Gasteiger partial charge in [0.2, 0.25) is 0 Å². The van der Waals surface area contributed by atoms with E-state index in [-0.39, 0.29) is 17.4 Å². The predicted octanol–water partition coefficient (Wildman–Crippen LogP) is 4.07. The van der Waals surface area contributed by atoms with Crippen molar-refractivity contribution < 1.29 is 9.18 Å². The Morgan fingerprint density at radius 1 is 1.00 bits per heavy atom. The molecule has 2 heterocycles. The van der Waals surface area contributed by atoms with Gasteiger partial charge in [0.05, 0.1) is 18.4 Å². The van der Waals surface area contributed by atoms with Gasteiger partial charge in [0.25, 0.3) is 5.91 Å². The van der Waals surface area contributed by atoms with Gasteiger partial charge in [0.15, 0.2) is 5.69 Å². The fraction of sp³-hybridized carbons (Fsp3) is 0.136. The Labute approximate surface area is 167 Å². The zero-order valence-electron chi connectivity index (χ0n) is 15.9. The summed E-state index contributed by atoms with van der Waals surface area (Å²) in [6.45, 7) is 2.67. The fourth-order valence-electron chi connectivity index (χ4n) is 2.98. The Balaban J connectivity index is 1.46. The van der Waals surface area contributed by atoms with Crippen LogP contribution in [0.1, 0.15) is 28.5 Å². The molecular formula is C22H20FN5O. The molecule has 0 aliphatic heterocycles. The van der Waals surface area contributed by atoms with Crippen molar-refractivity contribution in [2.24, 2.45) is 0 Å². The third kappa shape index (κ3) is 4.24. The van der Waals surface area contributed by atoms with Crippen LogP contribution in [0.4, 0.5) is 10.2 Å². The molecule has 6 nitrogen and oxygen atoms in total. The number of amides is 1. The lowest BCUT2D eigenvalue weighted by molar-refractivity contribution is 0.102. The third-order valence-electron chi connectivity index (χ3n) is 4.63. The molecular weight excluding hydrogens is 369 g/mol. The Morgan fingerprint density at radius 2 is 1.72 bits per heavy atom. The summed E-state index contributed by atoms with van der Waals surface area (Å²) in [4.78, 5) is 12.6. The number of anilines is 1. The van der Waals surface area contributed by atoms with Gasteiger partial charge in [-0.2, -0.15) is 10.2 Å². The first-order valence-electron chi connectivity index (χ1n) is 9.35. The van der Waals surface area contributed by atoms with Gasteiger partial charge in [-0.05, 0) is 47.9 Å². The van der Waals surface area contributed by atoms with E-state index in [0.717, 1.165) is 12.0 Å². The molecule has 0 fully saturated rings. The second-order valence-electron chi connectivity index (χ2n) is 6.62. The number of carbonyl (C=O) groups is 1. The molecule has 146 valence electrons. The van der Waals surface area contributed by atoms with E-state index < -0.39 is 0 Å². The van der Waals surface area contributed by atoms with Crippen LogP contribution in [0.5, 0.6) is 0 Å². The van der Waals surface area contributed by atoms with Crippen LogP contribution in [-0.4, -0.2) is 25.5 Å². The van der Waals surface area contributed by atoms with Crippen LogP contribution in [0, 0.1) is 5.82 Å². The normalized spacial score (nSPS) is 10.8. The van der Waals surface area contributed by atoms with Gasteiger partial charge in [0, 0.05) is 12.3 Å². The van der Waals surface area contributed by atoms with E-state index in [1.54, 1.807) is 41.3 Å². The number of aryl methyl sites for hydroxylation is 1. The molecule has 0 atom stereocenters. The van der Waals surface area contributed by atoms with Gasteiger partial charge < -0.3 is 5.32 Å². The van der Waals surface area contributed by atoms with Crippen LogP contribution in [0.3, 0.4) is 0 Å². The van der Waals surface area contributed by atoms with Crippen LogP contribution in [-0.2, 0) is 13.0 Å². The van der Waals surface area contributed by atoms with Crippen molar-refractivity contribution in [1.29, 1.82) is 0 Å². The van der Waals surface area contributed by atoms with Gasteiger partial charge >= 0.3 is 0 Å². The van der Waals surface area contributed by atoms with Crippen molar-refractivity contribution in [3.05, 3.63) is 95.7 Å². The molecule has 1 amide bonds. The van der Waals surface area contributed by atoms with Gasteiger partial charge in [-0.25, -0.2) is 13.8 Å². The number of nitrogens with zero attached hydrogens (tertiary/aromatic N) is 4. The lowest BCUT2D eigenvalue weighted by atomic mass is 10.1. The van der Waals surface area contributed by atoms with E-state index in [1.165, 1.54) is 22.4 Å². The summed E-state index contributed by atoms with van der Waals surface area (Å²) < 4.78 is 16.3. The Hall–Kier alpha value is -3.74. The summed E-state index contributed by atoms with van der Waals surface area (Å²) in [5, 5.41) is 11.4. The summed E-state index contributed by atoms with van der Waals surface area (Å²) >= 11 is 0. The first kappa shape index (κ1) is 18.6. The van der Waals surface area contributed by atoms with Crippen molar-refractivity contribution in [2.75, 3.05) is 5.32 Å².